The molecule has 1 unspecified atom stereocenters. The van der Waals surface area contributed by atoms with Crippen molar-refractivity contribution in [2.75, 3.05) is 0 Å². The van der Waals surface area contributed by atoms with Gasteiger partial charge in [0.05, 0.1) is 0 Å². The van der Waals surface area contributed by atoms with Gasteiger partial charge >= 0.3 is 0 Å². The maximum atomic E-state index is 2.39. The molecule has 1 aromatic rings. The highest BCUT2D eigenvalue weighted by atomic mass is 14.2. The van der Waals surface area contributed by atoms with Crippen molar-refractivity contribution in [1.29, 1.82) is 0 Å². The van der Waals surface area contributed by atoms with Gasteiger partial charge in [0, 0.05) is 0 Å². The highest BCUT2D eigenvalue weighted by molar-refractivity contribution is 5.19. The molecule has 3 rings (SSSR count). The third-order valence-corrected chi connectivity index (χ3v) is 9.52. The molecular weight excluding hydrogens is 565 g/mol. The van der Waals surface area contributed by atoms with E-state index < -0.39 is 0 Å². The van der Waals surface area contributed by atoms with E-state index >= 15 is 0 Å². The highest BCUT2D eigenvalue weighted by Gasteiger charge is 2.16. The van der Waals surface area contributed by atoms with Crippen LogP contribution in [0.5, 0.6) is 0 Å². The molecule has 0 radical (unpaired) electrons. The van der Waals surface area contributed by atoms with Crippen LogP contribution in [0.1, 0.15) is 242 Å². The van der Waals surface area contributed by atoms with E-state index in [0.717, 1.165) is 23.7 Å². The summed E-state index contributed by atoms with van der Waals surface area (Å²) < 4.78 is 0. The summed E-state index contributed by atoms with van der Waals surface area (Å²) in [6.07, 6.45) is 32.5. The summed E-state index contributed by atoms with van der Waals surface area (Å²) >= 11 is 0. The summed E-state index contributed by atoms with van der Waals surface area (Å²) in [7, 11) is 0. The van der Waals surface area contributed by atoms with E-state index in [2.05, 4.69) is 121 Å². The summed E-state index contributed by atoms with van der Waals surface area (Å²) in [4.78, 5) is 0. The molecule has 0 heterocycles. The Morgan fingerprint density at radius 3 is 0.979 bits per heavy atom. The van der Waals surface area contributed by atoms with E-state index in [1.165, 1.54) is 159 Å². The van der Waals surface area contributed by atoms with Crippen molar-refractivity contribution >= 4 is 0 Å². The van der Waals surface area contributed by atoms with Gasteiger partial charge in [0.1, 0.15) is 0 Å². The normalized spacial score (nSPS) is 19.4. The fraction of sp³-hybridized carbons (Fsp3) is 0.872. The monoisotopic (exact) mass is 661 g/mol. The van der Waals surface area contributed by atoms with Crippen molar-refractivity contribution in [3.05, 3.63) is 35.4 Å². The molecule has 0 aromatic heterocycles. The maximum Gasteiger partial charge on any atom is -0.0398 e. The Labute approximate surface area is 302 Å². The Hall–Kier alpha value is -0.780. The number of hydrogen-bond acceptors (Lipinski definition) is 0. The first-order valence-electron chi connectivity index (χ1n) is 21.6. The lowest BCUT2D eigenvalue weighted by molar-refractivity contribution is 0.276. The van der Waals surface area contributed by atoms with Crippen LogP contribution >= 0.6 is 0 Å². The van der Waals surface area contributed by atoms with Crippen LogP contribution < -0.4 is 0 Å². The van der Waals surface area contributed by atoms with Gasteiger partial charge in [-0.05, 0) is 43.9 Å². The molecule has 0 nitrogen and oxygen atoms in total. The van der Waals surface area contributed by atoms with Gasteiger partial charge in [-0.1, -0.05) is 260 Å². The van der Waals surface area contributed by atoms with Crippen molar-refractivity contribution in [3.63, 3.8) is 0 Å². The minimum Gasteiger partial charge on any atom is -0.0654 e. The largest absolute Gasteiger partial charge is 0.0654 e. The van der Waals surface area contributed by atoms with E-state index in [-0.39, 0.29) is 0 Å². The van der Waals surface area contributed by atoms with Crippen LogP contribution in [-0.2, 0) is 0 Å². The van der Waals surface area contributed by atoms with Crippen molar-refractivity contribution in [3.8, 4) is 0 Å². The molecular formula is C47H96. The first-order valence-corrected chi connectivity index (χ1v) is 21.6. The molecule has 0 heteroatoms. The lowest BCUT2D eigenvalue weighted by atomic mass is 9.81. The average molecular weight is 661 g/mol. The van der Waals surface area contributed by atoms with E-state index in [4.69, 9.17) is 0 Å². The maximum absolute atomic E-state index is 2.39. The SMILES string of the molecule is CC1CCC(C)CC1.CCC1CCC[C@H](C)C1.CCCC.CCCCC.CCCCCC.CCCCCCC.Cc1ccc(C)cc1. The zero-order chi connectivity index (χ0) is 36.6. The second-order valence-electron chi connectivity index (χ2n) is 15.2. The molecule has 0 amide bonds. The van der Waals surface area contributed by atoms with Crippen LogP contribution in [0, 0.1) is 37.5 Å². The second kappa shape index (κ2) is 45.2. The Balaban J connectivity index is -0.000000233. The van der Waals surface area contributed by atoms with Gasteiger partial charge in [0.15, 0.2) is 0 Å². The van der Waals surface area contributed by atoms with Crippen LogP contribution in [-0.4, -0.2) is 0 Å². The molecule has 2 saturated carbocycles. The fourth-order valence-electron chi connectivity index (χ4n) is 5.52. The van der Waals surface area contributed by atoms with Crippen molar-refractivity contribution in [2.45, 2.75) is 245 Å². The molecule has 0 saturated heterocycles. The van der Waals surface area contributed by atoms with Crippen molar-refractivity contribution in [2.24, 2.45) is 23.7 Å². The second-order valence-corrected chi connectivity index (χ2v) is 15.2. The first kappa shape index (κ1) is 53.0. The Kier molecular flexibility index (Phi) is 51.0. The minimum atomic E-state index is 1.02. The number of unbranched alkanes of at least 4 members (excludes halogenated alkanes) is 10. The molecule has 2 atom stereocenters. The molecule has 2 fully saturated rings. The van der Waals surface area contributed by atoms with Gasteiger partial charge in [-0.15, -0.1) is 0 Å². The third-order valence-electron chi connectivity index (χ3n) is 9.52. The zero-order valence-electron chi connectivity index (χ0n) is 35.9. The predicted octanol–water partition coefficient (Wildman–Crippen LogP) is 17.9. The molecule has 1 aromatic carbocycles. The summed E-state index contributed by atoms with van der Waals surface area (Å²) in [5.74, 6) is 4.12. The number of rotatable bonds is 11. The van der Waals surface area contributed by atoms with Gasteiger partial charge in [-0.3, -0.25) is 0 Å². The molecule has 0 aliphatic heterocycles. The third kappa shape index (κ3) is 49.7. The molecule has 2 aliphatic rings. The first-order chi connectivity index (χ1) is 22.6. The standard InChI is InChI=1S/C9H18.C8H16.C8H10.C7H16.C6H14.C5H12.C4H10/c1-3-9-6-4-5-8(2)7-9;2*1-7-3-5-8(2)6-4-7;1-3-5-7-6-4-2;1-3-5-6-4-2;1-3-5-4-2;1-3-4-2/h8-9H,3-7H2,1-2H3;7-8H,3-6H2,1-2H3;3-6H,1-2H3;3-7H2,1-2H3;3-6H2,1-2H3;3-5H2,1-2H3;3-4H2,1-2H3/t8-,9?;;;;;;/m0....../s1. The van der Waals surface area contributed by atoms with Crippen molar-refractivity contribution < 1.29 is 0 Å². The predicted molar refractivity (Wildman–Crippen MR) is 224 cm³/mol. The van der Waals surface area contributed by atoms with Crippen LogP contribution in [0.15, 0.2) is 24.3 Å². The lowest BCUT2D eigenvalue weighted by Gasteiger charge is -2.25. The fourth-order valence-corrected chi connectivity index (χ4v) is 5.52. The molecule has 0 N–H and O–H groups in total. The van der Waals surface area contributed by atoms with Gasteiger partial charge in [0.2, 0.25) is 0 Å². The van der Waals surface area contributed by atoms with Crippen LogP contribution in [0.3, 0.4) is 0 Å². The quantitative estimate of drug-likeness (QED) is 0.207. The smallest absolute Gasteiger partial charge is 0.0398 e. The van der Waals surface area contributed by atoms with E-state index in [9.17, 15) is 0 Å². The lowest BCUT2D eigenvalue weighted by Crippen LogP contribution is -2.11. The van der Waals surface area contributed by atoms with Crippen LogP contribution in [0.2, 0.25) is 0 Å². The van der Waals surface area contributed by atoms with E-state index in [1.807, 2.05) is 0 Å². The Bertz CT molecular complexity index is 577. The minimum absolute atomic E-state index is 1.02. The molecule has 0 spiro atoms. The Morgan fingerprint density at radius 2 is 0.745 bits per heavy atom. The molecule has 0 bridgehead atoms. The Morgan fingerprint density at radius 1 is 0.404 bits per heavy atom. The topological polar surface area (TPSA) is 0 Å². The summed E-state index contributed by atoms with van der Waals surface area (Å²) in [6.45, 7) is 31.4. The van der Waals surface area contributed by atoms with Crippen LogP contribution in [0.25, 0.3) is 0 Å². The van der Waals surface area contributed by atoms with Gasteiger partial charge in [-0.25, -0.2) is 0 Å². The summed E-state index contributed by atoms with van der Waals surface area (Å²) in [5, 5.41) is 0. The van der Waals surface area contributed by atoms with E-state index in [0.29, 0.717) is 0 Å². The van der Waals surface area contributed by atoms with Gasteiger partial charge in [0.25, 0.3) is 0 Å². The summed E-state index contributed by atoms with van der Waals surface area (Å²) in [5.41, 5.74) is 2.66. The van der Waals surface area contributed by atoms with Gasteiger partial charge in [-0.2, -0.15) is 0 Å². The number of hydrogen-bond donors (Lipinski definition) is 0. The van der Waals surface area contributed by atoms with Crippen LogP contribution in [0.4, 0.5) is 0 Å². The number of benzene rings is 1. The zero-order valence-corrected chi connectivity index (χ0v) is 35.9. The molecule has 284 valence electrons. The van der Waals surface area contributed by atoms with Crippen molar-refractivity contribution in [1.82, 2.24) is 0 Å². The highest BCUT2D eigenvalue weighted by Crippen LogP contribution is 2.30. The van der Waals surface area contributed by atoms with E-state index in [1.54, 1.807) is 0 Å². The summed E-state index contributed by atoms with van der Waals surface area (Å²) in [6, 6.07) is 8.48. The molecule has 2 aliphatic carbocycles. The molecule has 47 heavy (non-hydrogen) atoms. The average Bonchev–Trinajstić information content (AvgIpc) is 3.08. The van der Waals surface area contributed by atoms with Gasteiger partial charge < -0.3 is 0 Å². The number of aryl methyl sites for hydroxylation is 2.